The number of hydrogen-bond donors (Lipinski definition) is 1. The monoisotopic (exact) mass is 405 g/mol. The molecule has 0 amide bonds. The zero-order valence-electron chi connectivity index (χ0n) is 10.8. The molecule has 1 N–H and O–H groups in total. The van der Waals surface area contributed by atoms with E-state index in [1.54, 1.807) is 17.8 Å². The minimum atomic E-state index is -0.163. The molecule has 0 aromatic heterocycles. The lowest BCUT2D eigenvalue weighted by Gasteiger charge is -2.27. The Labute approximate surface area is 145 Å². The number of anilines is 1. The Hall–Kier alpha value is -0.420. The van der Waals surface area contributed by atoms with Crippen molar-refractivity contribution in [2.24, 2.45) is 0 Å². The summed E-state index contributed by atoms with van der Waals surface area (Å²) in [5.41, 5.74) is 1.73. The third-order valence-electron chi connectivity index (χ3n) is 3.39. The fourth-order valence-corrected chi connectivity index (χ4v) is 4.33. The third-order valence-corrected chi connectivity index (χ3v) is 6.32. The molecule has 2 aromatic carbocycles. The fraction of sp³-hybridized carbons (Fsp3) is 0.200. The van der Waals surface area contributed by atoms with Crippen molar-refractivity contribution in [2.45, 2.75) is 17.4 Å². The van der Waals surface area contributed by atoms with E-state index < -0.39 is 0 Å². The van der Waals surface area contributed by atoms with Gasteiger partial charge < -0.3 is 5.32 Å². The third kappa shape index (κ3) is 3.04. The van der Waals surface area contributed by atoms with Crippen molar-refractivity contribution < 1.29 is 4.39 Å². The molecule has 1 unspecified atom stereocenters. The summed E-state index contributed by atoms with van der Waals surface area (Å²) in [4.78, 5) is 0.723. The van der Waals surface area contributed by atoms with Gasteiger partial charge in [-0.25, -0.2) is 4.39 Å². The largest absolute Gasteiger partial charge is 0.377 e. The molecular formula is C15H11BrCl2FNS. The highest BCUT2D eigenvalue weighted by Gasteiger charge is 2.24. The van der Waals surface area contributed by atoms with Gasteiger partial charge in [-0.1, -0.05) is 35.3 Å². The van der Waals surface area contributed by atoms with Gasteiger partial charge in [0.25, 0.3) is 0 Å². The minimum Gasteiger partial charge on any atom is -0.377 e. The molecule has 1 aliphatic heterocycles. The maximum absolute atomic E-state index is 13.9. The van der Waals surface area contributed by atoms with Crippen LogP contribution in [0.5, 0.6) is 0 Å². The maximum atomic E-state index is 13.9. The van der Waals surface area contributed by atoms with Crippen LogP contribution in [0.15, 0.2) is 39.7 Å². The molecule has 1 nitrogen and oxygen atoms in total. The average molecular weight is 407 g/mol. The lowest BCUT2D eigenvalue weighted by Crippen LogP contribution is -2.17. The second kappa shape index (κ2) is 6.37. The summed E-state index contributed by atoms with van der Waals surface area (Å²) in [6.45, 7) is 0. The highest BCUT2D eigenvalue weighted by molar-refractivity contribution is 9.10. The second-order valence-corrected chi connectivity index (χ2v) is 7.43. The second-order valence-electron chi connectivity index (χ2n) is 4.72. The van der Waals surface area contributed by atoms with Crippen LogP contribution < -0.4 is 5.32 Å². The van der Waals surface area contributed by atoms with Crippen LogP contribution in [0.4, 0.5) is 10.1 Å². The molecule has 0 radical (unpaired) electrons. The van der Waals surface area contributed by atoms with Gasteiger partial charge in [0.15, 0.2) is 0 Å². The number of fused-ring (bicyclic) bond motifs is 1. The van der Waals surface area contributed by atoms with Crippen molar-refractivity contribution in [1.82, 2.24) is 0 Å². The normalized spacial score (nSPS) is 17.4. The van der Waals surface area contributed by atoms with E-state index in [0.29, 0.717) is 10.0 Å². The molecule has 6 heteroatoms. The first-order chi connectivity index (χ1) is 10.1. The fourth-order valence-electron chi connectivity index (χ4n) is 2.36. The van der Waals surface area contributed by atoms with Crippen LogP contribution in [0.2, 0.25) is 10.0 Å². The van der Waals surface area contributed by atoms with Crippen molar-refractivity contribution in [2.75, 3.05) is 11.1 Å². The number of benzene rings is 2. The molecule has 0 saturated carbocycles. The number of rotatable bonds is 2. The molecule has 1 aliphatic rings. The van der Waals surface area contributed by atoms with E-state index in [-0.39, 0.29) is 11.9 Å². The smallest absolute Gasteiger partial charge is 0.137 e. The summed E-state index contributed by atoms with van der Waals surface area (Å²) >= 11 is 17.3. The van der Waals surface area contributed by atoms with E-state index >= 15 is 0 Å². The Balaban J connectivity index is 1.94. The lowest BCUT2D eigenvalue weighted by molar-refractivity contribution is 0.585. The van der Waals surface area contributed by atoms with Crippen LogP contribution in [0.25, 0.3) is 0 Å². The zero-order chi connectivity index (χ0) is 15.0. The van der Waals surface area contributed by atoms with Crippen molar-refractivity contribution in [3.05, 3.63) is 56.2 Å². The van der Waals surface area contributed by atoms with Crippen molar-refractivity contribution >= 4 is 56.6 Å². The van der Waals surface area contributed by atoms with Gasteiger partial charge in [-0.3, -0.25) is 0 Å². The van der Waals surface area contributed by atoms with Gasteiger partial charge in [0, 0.05) is 15.1 Å². The zero-order valence-corrected chi connectivity index (χ0v) is 14.7. The summed E-state index contributed by atoms with van der Waals surface area (Å²) in [5.74, 6) is 0.706. The summed E-state index contributed by atoms with van der Waals surface area (Å²) in [6, 6.07) is 8.95. The highest BCUT2D eigenvalue weighted by atomic mass is 79.9. The van der Waals surface area contributed by atoms with Gasteiger partial charge in [-0.15, -0.1) is 11.8 Å². The molecule has 110 valence electrons. The highest BCUT2D eigenvalue weighted by Crippen LogP contribution is 2.42. The topological polar surface area (TPSA) is 12.0 Å². The molecule has 0 bridgehead atoms. The molecule has 0 aliphatic carbocycles. The number of halogens is 4. The maximum Gasteiger partial charge on any atom is 0.137 e. The van der Waals surface area contributed by atoms with E-state index in [2.05, 4.69) is 21.2 Å². The van der Waals surface area contributed by atoms with Crippen LogP contribution in [0, 0.1) is 5.82 Å². The Kier molecular flexibility index (Phi) is 4.69. The molecular weight excluding hydrogens is 396 g/mol. The van der Waals surface area contributed by atoms with E-state index in [1.807, 2.05) is 18.2 Å². The number of hydrogen-bond acceptors (Lipinski definition) is 2. The Morgan fingerprint density at radius 2 is 2.00 bits per heavy atom. The number of thioether (sulfide) groups is 1. The average Bonchev–Trinajstić information content (AvgIpc) is 2.49. The standard InChI is InChI=1S/C15H11BrCl2FNS/c16-9-4-5-12(14(18)13(9)17)20-11-6-7-21-15-8(11)2-1-3-10(15)19/h1-5,11,20H,6-7H2. The van der Waals surface area contributed by atoms with Gasteiger partial charge in [-0.2, -0.15) is 0 Å². The summed E-state index contributed by atoms with van der Waals surface area (Å²) < 4.78 is 14.6. The van der Waals surface area contributed by atoms with Crippen LogP contribution >= 0.6 is 50.9 Å². The predicted octanol–water partition coefficient (Wildman–Crippen LogP) is 6.54. The van der Waals surface area contributed by atoms with Crippen molar-refractivity contribution in [3.8, 4) is 0 Å². The quantitative estimate of drug-likeness (QED) is 0.568. The molecule has 0 saturated heterocycles. The predicted molar refractivity (Wildman–Crippen MR) is 92.3 cm³/mol. The minimum absolute atomic E-state index is 0.0340. The molecule has 2 aromatic rings. The van der Waals surface area contributed by atoms with E-state index in [1.165, 1.54) is 6.07 Å². The van der Waals surface area contributed by atoms with Gasteiger partial charge in [0.05, 0.1) is 21.8 Å². The van der Waals surface area contributed by atoms with Crippen LogP contribution in [0.1, 0.15) is 18.0 Å². The SMILES string of the molecule is Fc1cccc2c1SCCC2Nc1ccc(Br)c(Cl)c1Cl. The molecule has 21 heavy (non-hydrogen) atoms. The summed E-state index contributed by atoms with van der Waals surface area (Å²) in [7, 11) is 0. The van der Waals surface area contributed by atoms with Crippen LogP contribution in [0.3, 0.4) is 0 Å². The first-order valence-electron chi connectivity index (χ1n) is 6.39. The van der Waals surface area contributed by atoms with Gasteiger partial charge >= 0.3 is 0 Å². The first kappa shape index (κ1) is 15.5. The molecule has 1 atom stereocenters. The van der Waals surface area contributed by atoms with Crippen LogP contribution in [-0.4, -0.2) is 5.75 Å². The molecule has 3 rings (SSSR count). The molecule has 0 spiro atoms. The Bertz CT molecular complexity index is 696. The van der Waals surface area contributed by atoms with Crippen molar-refractivity contribution in [3.63, 3.8) is 0 Å². The van der Waals surface area contributed by atoms with Crippen molar-refractivity contribution in [1.29, 1.82) is 0 Å². The Morgan fingerprint density at radius 1 is 1.19 bits per heavy atom. The lowest BCUT2D eigenvalue weighted by atomic mass is 10.0. The number of nitrogens with one attached hydrogen (secondary N) is 1. The van der Waals surface area contributed by atoms with Gasteiger partial charge in [0.2, 0.25) is 0 Å². The molecule has 0 fully saturated rings. The Morgan fingerprint density at radius 3 is 2.81 bits per heavy atom. The first-order valence-corrected chi connectivity index (χ1v) is 8.92. The van der Waals surface area contributed by atoms with Gasteiger partial charge in [-0.05, 0) is 46.1 Å². The molecule has 1 heterocycles. The summed E-state index contributed by atoms with van der Waals surface area (Å²) in [5, 5.41) is 4.34. The summed E-state index contributed by atoms with van der Waals surface area (Å²) in [6.07, 6.45) is 0.908. The van der Waals surface area contributed by atoms with E-state index in [4.69, 9.17) is 23.2 Å². The van der Waals surface area contributed by atoms with Gasteiger partial charge in [0.1, 0.15) is 5.82 Å². The van der Waals surface area contributed by atoms with E-state index in [0.717, 1.165) is 32.8 Å². The van der Waals surface area contributed by atoms with E-state index in [9.17, 15) is 4.39 Å². The van der Waals surface area contributed by atoms with Crippen LogP contribution in [-0.2, 0) is 0 Å².